The van der Waals surface area contributed by atoms with Crippen molar-refractivity contribution in [3.8, 4) is 17.2 Å². The zero-order valence-electron chi connectivity index (χ0n) is 18.1. The van der Waals surface area contributed by atoms with Crippen molar-refractivity contribution in [2.75, 3.05) is 27.4 Å². The van der Waals surface area contributed by atoms with Crippen LogP contribution >= 0.6 is 0 Å². The minimum absolute atomic E-state index is 0.287. The number of nitrogens with zero attached hydrogens (tertiary/aromatic N) is 1. The number of imide groups is 1. The summed E-state index contributed by atoms with van der Waals surface area (Å²) in [6.45, 7) is 1.68. The topological polar surface area (TPSA) is 106 Å². The molecule has 2 heterocycles. The van der Waals surface area contributed by atoms with Gasteiger partial charge in [0.05, 0.1) is 26.9 Å². The quantitative estimate of drug-likeness (QED) is 0.668. The van der Waals surface area contributed by atoms with Crippen LogP contribution in [0.1, 0.15) is 30.5 Å². The Labute approximate surface area is 185 Å². The number of para-hydroxylation sites is 1. The summed E-state index contributed by atoms with van der Waals surface area (Å²) in [4.78, 5) is 39.7. The minimum Gasteiger partial charge on any atom is -0.497 e. The van der Waals surface area contributed by atoms with Gasteiger partial charge in [0.2, 0.25) is 5.91 Å². The molecule has 9 heteroatoms. The van der Waals surface area contributed by atoms with Crippen LogP contribution in [0.25, 0.3) is 0 Å². The summed E-state index contributed by atoms with van der Waals surface area (Å²) in [5, 5.41) is 5.62. The number of carbonyl (C=O) groups is 3. The molecule has 2 aliphatic rings. The van der Waals surface area contributed by atoms with Crippen molar-refractivity contribution in [1.29, 1.82) is 0 Å². The number of benzene rings is 2. The maximum atomic E-state index is 13.3. The fraction of sp³-hybridized carbons (Fsp3) is 0.348. The third-order valence-electron chi connectivity index (χ3n) is 5.84. The van der Waals surface area contributed by atoms with E-state index in [9.17, 15) is 14.4 Å². The molecule has 168 valence electrons. The number of fused-ring (bicyclic) bond motifs is 2. The third-order valence-corrected chi connectivity index (χ3v) is 5.84. The van der Waals surface area contributed by atoms with Crippen LogP contribution in [0, 0.1) is 0 Å². The van der Waals surface area contributed by atoms with Gasteiger partial charge in [-0.25, -0.2) is 4.79 Å². The first-order valence-electron chi connectivity index (χ1n) is 10.3. The molecular weight excluding hydrogens is 414 g/mol. The Kier molecular flexibility index (Phi) is 5.65. The Morgan fingerprint density at radius 2 is 2.00 bits per heavy atom. The molecule has 1 spiro atoms. The summed E-state index contributed by atoms with van der Waals surface area (Å²) >= 11 is 0. The maximum absolute atomic E-state index is 13.3. The average Bonchev–Trinajstić information content (AvgIpc) is 3.03. The van der Waals surface area contributed by atoms with E-state index >= 15 is 0 Å². The highest BCUT2D eigenvalue weighted by Crippen LogP contribution is 2.41. The number of methoxy groups -OCH3 is 2. The van der Waals surface area contributed by atoms with E-state index in [1.807, 2.05) is 0 Å². The molecule has 2 unspecified atom stereocenters. The van der Waals surface area contributed by atoms with Gasteiger partial charge in [0.1, 0.15) is 23.8 Å². The second-order valence-electron chi connectivity index (χ2n) is 7.72. The van der Waals surface area contributed by atoms with Crippen molar-refractivity contribution in [3.05, 3.63) is 53.6 Å². The first-order chi connectivity index (χ1) is 15.4. The van der Waals surface area contributed by atoms with E-state index in [2.05, 4.69) is 10.6 Å². The lowest BCUT2D eigenvalue weighted by atomic mass is 9.84. The summed E-state index contributed by atoms with van der Waals surface area (Å²) in [6, 6.07) is 11.3. The fourth-order valence-electron chi connectivity index (χ4n) is 4.20. The summed E-state index contributed by atoms with van der Waals surface area (Å²) < 4.78 is 16.3. The molecule has 0 aromatic heterocycles. The monoisotopic (exact) mass is 439 g/mol. The number of amides is 4. The molecule has 4 rings (SSSR count). The Morgan fingerprint density at radius 1 is 1.22 bits per heavy atom. The Hall–Kier alpha value is -3.75. The van der Waals surface area contributed by atoms with E-state index in [1.165, 1.54) is 7.11 Å². The summed E-state index contributed by atoms with van der Waals surface area (Å²) in [5.74, 6) is 0.836. The molecule has 32 heavy (non-hydrogen) atoms. The van der Waals surface area contributed by atoms with Gasteiger partial charge < -0.3 is 24.8 Å². The maximum Gasteiger partial charge on any atom is 0.325 e. The molecule has 9 nitrogen and oxygen atoms in total. The molecule has 2 aromatic rings. The first-order valence-corrected chi connectivity index (χ1v) is 10.3. The number of urea groups is 1. The van der Waals surface area contributed by atoms with Gasteiger partial charge in [-0.3, -0.25) is 14.5 Å². The molecule has 2 atom stereocenters. The van der Waals surface area contributed by atoms with Crippen LogP contribution in [0.15, 0.2) is 42.5 Å². The molecule has 0 bridgehead atoms. The number of carbonyl (C=O) groups excluding carboxylic acids is 3. The number of ether oxygens (including phenoxy) is 3. The molecule has 0 aliphatic carbocycles. The van der Waals surface area contributed by atoms with Gasteiger partial charge in [-0.2, -0.15) is 0 Å². The summed E-state index contributed by atoms with van der Waals surface area (Å²) in [6.07, 6.45) is 0.296. The van der Waals surface area contributed by atoms with Crippen LogP contribution < -0.4 is 24.8 Å². The van der Waals surface area contributed by atoms with E-state index in [0.29, 0.717) is 34.8 Å². The predicted molar refractivity (Wildman–Crippen MR) is 115 cm³/mol. The van der Waals surface area contributed by atoms with E-state index in [-0.39, 0.29) is 6.61 Å². The van der Waals surface area contributed by atoms with Gasteiger partial charge >= 0.3 is 6.03 Å². The van der Waals surface area contributed by atoms with Crippen LogP contribution in [0.3, 0.4) is 0 Å². The van der Waals surface area contributed by atoms with Crippen molar-refractivity contribution in [2.45, 2.75) is 24.9 Å². The molecule has 1 saturated heterocycles. The number of nitrogens with one attached hydrogen (secondary N) is 2. The first kappa shape index (κ1) is 21.5. The lowest BCUT2D eigenvalue weighted by Crippen LogP contribution is -2.48. The van der Waals surface area contributed by atoms with E-state index in [4.69, 9.17) is 14.2 Å². The number of hydrogen-bond acceptors (Lipinski definition) is 6. The summed E-state index contributed by atoms with van der Waals surface area (Å²) in [7, 11) is 3.09. The average molecular weight is 439 g/mol. The lowest BCUT2D eigenvalue weighted by Gasteiger charge is -2.33. The third kappa shape index (κ3) is 3.59. The highest BCUT2D eigenvalue weighted by molar-refractivity contribution is 6.09. The lowest BCUT2D eigenvalue weighted by molar-refractivity contribution is -0.136. The van der Waals surface area contributed by atoms with E-state index in [1.54, 1.807) is 56.5 Å². The molecule has 0 saturated carbocycles. The van der Waals surface area contributed by atoms with E-state index in [0.717, 1.165) is 4.90 Å². The van der Waals surface area contributed by atoms with Gasteiger partial charge in [-0.15, -0.1) is 0 Å². The van der Waals surface area contributed by atoms with Crippen LogP contribution in [0.5, 0.6) is 17.2 Å². The van der Waals surface area contributed by atoms with Gasteiger partial charge in [-0.1, -0.05) is 18.2 Å². The highest BCUT2D eigenvalue weighted by atomic mass is 16.5. The van der Waals surface area contributed by atoms with Crippen LogP contribution in [-0.2, 0) is 15.1 Å². The largest absolute Gasteiger partial charge is 0.497 e. The van der Waals surface area contributed by atoms with E-state index < -0.39 is 36.0 Å². The summed E-state index contributed by atoms with van der Waals surface area (Å²) in [5.41, 5.74) is 0.0996. The normalized spacial score (nSPS) is 20.3. The SMILES string of the molecule is COc1ccc(OC)c(C(C)NC(=O)CN2C(=O)NC3(CCOc4ccccc43)C2=O)c1. The second kappa shape index (κ2) is 8.41. The van der Waals surface area contributed by atoms with Gasteiger partial charge in [0, 0.05) is 17.5 Å². The van der Waals surface area contributed by atoms with Crippen LogP contribution in [-0.4, -0.2) is 50.1 Å². The zero-order valence-corrected chi connectivity index (χ0v) is 18.1. The van der Waals surface area contributed by atoms with Crippen molar-refractivity contribution in [1.82, 2.24) is 15.5 Å². The predicted octanol–water partition coefficient (Wildman–Crippen LogP) is 2.11. The van der Waals surface area contributed by atoms with Crippen molar-refractivity contribution < 1.29 is 28.6 Å². The molecule has 0 radical (unpaired) electrons. The second-order valence-corrected chi connectivity index (χ2v) is 7.72. The van der Waals surface area contributed by atoms with Gasteiger partial charge in [0.25, 0.3) is 5.91 Å². The molecule has 1 fully saturated rings. The number of rotatable bonds is 6. The van der Waals surface area contributed by atoms with Crippen molar-refractivity contribution >= 4 is 17.8 Å². The Morgan fingerprint density at radius 3 is 2.75 bits per heavy atom. The molecular formula is C23H25N3O6. The minimum atomic E-state index is -1.21. The van der Waals surface area contributed by atoms with Gasteiger partial charge in [-0.05, 0) is 31.2 Å². The molecule has 2 aromatic carbocycles. The smallest absolute Gasteiger partial charge is 0.325 e. The molecule has 2 N–H and O–H groups in total. The Bertz CT molecular complexity index is 1070. The highest BCUT2D eigenvalue weighted by Gasteiger charge is 2.55. The molecule has 4 amide bonds. The Balaban J connectivity index is 1.50. The van der Waals surface area contributed by atoms with Crippen molar-refractivity contribution in [2.24, 2.45) is 0 Å². The fourth-order valence-corrected chi connectivity index (χ4v) is 4.20. The van der Waals surface area contributed by atoms with Crippen molar-refractivity contribution in [3.63, 3.8) is 0 Å². The van der Waals surface area contributed by atoms with Crippen LogP contribution in [0.2, 0.25) is 0 Å². The zero-order chi connectivity index (χ0) is 22.9. The van der Waals surface area contributed by atoms with Gasteiger partial charge in [0.15, 0.2) is 5.54 Å². The molecule has 2 aliphatic heterocycles. The van der Waals surface area contributed by atoms with Crippen LogP contribution in [0.4, 0.5) is 4.79 Å². The number of hydrogen-bond donors (Lipinski definition) is 2. The standard InChI is InChI=1S/C23H25N3O6/c1-14(16-12-15(30-2)8-9-18(16)31-3)24-20(27)13-26-21(28)23(25-22(26)29)10-11-32-19-7-5-4-6-17(19)23/h4-9,12,14H,10-11,13H2,1-3H3,(H,24,27)(H,25,29).